The zero-order valence-corrected chi connectivity index (χ0v) is 13.0. The molecular formula is C12H10F2N8OS. The lowest BCUT2D eigenvalue weighted by atomic mass is 10.4. The van der Waals surface area contributed by atoms with Crippen LogP contribution < -0.4 is 10.9 Å². The number of alkyl halides is 2. The molecule has 0 spiro atoms. The Bertz CT molecular complexity index is 969. The number of hydrogen-bond donors (Lipinski definition) is 2. The second-order valence-corrected chi connectivity index (χ2v) is 5.23. The summed E-state index contributed by atoms with van der Waals surface area (Å²) in [5.74, 6) is -0.754. The van der Waals surface area contributed by atoms with E-state index >= 15 is 0 Å². The van der Waals surface area contributed by atoms with Gasteiger partial charge in [0, 0.05) is 12.4 Å². The minimum absolute atomic E-state index is 0.103. The Hall–Kier alpha value is -2.89. The number of carbonyl (C=O) groups is 1. The summed E-state index contributed by atoms with van der Waals surface area (Å²) in [4.78, 5) is 24.3. The monoisotopic (exact) mass is 352 g/mol. The molecule has 1 amide bonds. The van der Waals surface area contributed by atoms with Crippen LogP contribution in [0.2, 0.25) is 0 Å². The number of nitrogens with one attached hydrogen (secondary N) is 2. The molecule has 0 fully saturated rings. The summed E-state index contributed by atoms with van der Waals surface area (Å²) in [7, 11) is 0. The first-order chi connectivity index (χ1) is 11.5. The van der Waals surface area contributed by atoms with Gasteiger partial charge in [0.25, 0.3) is 5.91 Å². The van der Waals surface area contributed by atoms with Crippen molar-refractivity contribution in [3.63, 3.8) is 0 Å². The summed E-state index contributed by atoms with van der Waals surface area (Å²) in [5.41, 5.74) is 2.34. The van der Waals surface area contributed by atoms with Gasteiger partial charge in [-0.15, -0.1) is 0 Å². The maximum Gasteiger partial charge on any atom is 0.333 e. The van der Waals surface area contributed by atoms with E-state index in [4.69, 9.17) is 5.41 Å². The highest BCUT2D eigenvalue weighted by Gasteiger charge is 2.14. The summed E-state index contributed by atoms with van der Waals surface area (Å²) in [6, 6.07) is 1.15. The lowest BCUT2D eigenvalue weighted by molar-refractivity contribution is 0.0561. The van der Waals surface area contributed by atoms with Crippen molar-refractivity contribution in [2.45, 2.75) is 11.7 Å². The van der Waals surface area contributed by atoms with Crippen LogP contribution in [0, 0.1) is 5.41 Å². The van der Waals surface area contributed by atoms with Crippen molar-refractivity contribution in [2.24, 2.45) is 0 Å². The van der Waals surface area contributed by atoms with Gasteiger partial charge in [0.2, 0.25) is 0 Å². The maximum atomic E-state index is 12.5. The molecule has 3 heterocycles. The van der Waals surface area contributed by atoms with Crippen molar-refractivity contribution < 1.29 is 13.6 Å². The fraction of sp³-hybridized carbons (Fsp3) is 0.167. The maximum absolute atomic E-state index is 12.5. The van der Waals surface area contributed by atoms with Crippen LogP contribution in [-0.2, 0) is 0 Å². The van der Waals surface area contributed by atoms with E-state index in [1.807, 2.05) is 6.26 Å². The molecule has 3 rings (SSSR count). The highest BCUT2D eigenvalue weighted by Crippen LogP contribution is 2.11. The van der Waals surface area contributed by atoms with Gasteiger partial charge in [-0.05, 0) is 12.3 Å². The first kappa shape index (κ1) is 16.0. The Balaban J connectivity index is 1.90. The number of thioether (sulfide) groups is 1. The van der Waals surface area contributed by atoms with Crippen molar-refractivity contribution in [3.8, 4) is 0 Å². The molecular weight excluding hydrogens is 342 g/mol. The van der Waals surface area contributed by atoms with Crippen molar-refractivity contribution in [3.05, 3.63) is 36.0 Å². The second kappa shape index (κ2) is 6.31. The number of carbonyl (C=O) groups excluding carboxylic acids is 1. The molecule has 0 aromatic carbocycles. The molecule has 0 radical (unpaired) electrons. The molecule has 9 nitrogen and oxygen atoms in total. The van der Waals surface area contributed by atoms with Gasteiger partial charge < -0.3 is 0 Å². The van der Waals surface area contributed by atoms with Crippen molar-refractivity contribution in [2.75, 3.05) is 11.7 Å². The van der Waals surface area contributed by atoms with E-state index in [1.54, 1.807) is 0 Å². The number of aromatic nitrogens is 6. The molecule has 24 heavy (non-hydrogen) atoms. The van der Waals surface area contributed by atoms with E-state index in [9.17, 15) is 13.6 Å². The molecule has 2 N–H and O–H groups in total. The third-order valence-corrected chi connectivity index (χ3v) is 3.55. The van der Waals surface area contributed by atoms with Gasteiger partial charge in [0.15, 0.2) is 22.0 Å². The van der Waals surface area contributed by atoms with E-state index in [1.165, 1.54) is 24.3 Å². The Morgan fingerprint density at radius 3 is 2.88 bits per heavy atom. The minimum Gasteiger partial charge on any atom is -0.282 e. The first-order valence-electron chi connectivity index (χ1n) is 6.47. The molecule has 12 heteroatoms. The smallest absolute Gasteiger partial charge is 0.282 e. The van der Waals surface area contributed by atoms with Crippen LogP contribution in [0.1, 0.15) is 17.0 Å². The third kappa shape index (κ3) is 2.95. The SMILES string of the molecule is CSc1ncc2c(=N)n(NC(=O)c3ccn(C(F)F)n3)cnc2n1. The predicted molar refractivity (Wildman–Crippen MR) is 80.1 cm³/mol. The zero-order valence-electron chi connectivity index (χ0n) is 12.1. The molecule has 0 aliphatic heterocycles. The van der Waals surface area contributed by atoms with E-state index in [0.29, 0.717) is 20.9 Å². The van der Waals surface area contributed by atoms with Crippen molar-refractivity contribution in [1.29, 1.82) is 5.41 Å². The van der Waals surface area contributed by atoms with Crippen LogP contribution >= 0.6 is 11.8 Å². The predicted octanol–water partition coefficient (Wildman–Crippen LogP) is 1.00. The van der Waals surface area contributed by atoms with Gasteiger partial charge >= 0.3 is 6.55 Å². The average Bonchev–Trinajstić information content (AvgIpc) is 3.07. The normalized spacial score (nSPS) is 11.2. The lowest BCUT2D eigenvalue weighted by Gasteiger charge is -2.08. The molecule has 0 aliphatic carbocycles. The minimum atomic E-state index is -2.84. The Labute approximate surface area is 137 Å². The molecule has 0 saturated carbocycles. The fourth-order valence-electron chi connectivity index (χ4n) is 1.84. The Morgan fingerprint density at radius 2 is 2.21 bits per heavy atom. The topological polar surface area (TPSA) is 114 Å². The molecule has 3 aromatic heterocycles. The molecule has 0 unspecified atom stereocenters. The number of amides is 1. The molecule has 3 aromatic rings. The number of nitrogens with zero attached hydrogens (tertiary/aromatic N) is 6. The van der Waals surface area contributed by atoms with Crippen LogP contribution in [0.15, 0.2) is 29.9 Å². The van der Waals surface area contributed by atoms with Crippen LogP contribution in [0.4, 0.5) is 8.78 Å². The van der Waals surface area contributed by atoms with Gasteiger partial charge in [-0.25, -0.2) is 24.3 Å². The van der Waals surface area contributed by atoms with Crippen molar-refractivity contribution >= 4 is 28.7 Å². The molecule has 0 aliphatic rings. The largest absolute Gasteiger partial charge is 0.333 e. The van der Waals surface area contributed by atoms with Crippen molar-refractivity contribution in [1.82, 2.24) is 29.4 Å². The van der Waals surface area contributed by atoms with Crippen LogP contribution in [0.5, 0.6) is 0 Å². The number of rotatable bonds is 4. The van der Waals surface area contributed by atoms with Gasteiger partial charge in [-0.1, -0.05) is 11.8 Å². The molecule has 0 atom stereocenters. The second-order valence-electron chi connectivity index (χ2n) is 4.46. The zero-order chi connectivity index (χ0) is 17.3. The summed E-state index contributed by atoms with van der Waals surface area (Å²) < 4.78 is 26.4. The van der Waals surface area contributed by atoms with Crippen LogP contribution in [0.25, 0.3) is 11.0 Å². The molecule has 0 saturated heterocycles. The number of hydrogen-bond acceptors (Lipinski definition) is 7. The number of fused-ring (bicyclic) bond motifs is 1. The van der Waals surface area contributed by atoms with E-state index in [2.05, 4.69) is 25.5 Å². The fourth-order valence-corrected chi connectivity index (χ4v) is 2.18. The van der Waals surface area contributed by atoms with E-state index in [-0.39, 0.29) is 11.2 Å². The van der Waals surface area contributed by atoms with E-state index in [0.717, 1.165) is 16.9 Å². The lowest BCUT2D eigenvalue weighted by Crippen LogP contribution is -2.33. The summed E-state index contributed by atoms with van der Waals surface area (Å²) >= 11 is 1.33. The average molecular weight is 352 g/mol. The quantitative estimate of drug-likeness (QED) is 0.535. The number of halogens is 2. The highest BCUT2D eigenvalue weighted by atomic mass is 32.2. The Morgan fingerprint density at radius 1 is 1.42 bits per heavy atom. The summed E-state index contributed by atoms with van der Waals surface area (Å²) in [6.45, 7) is -2.84. The third-order valence-electron chi connectivity index (χ3n) is 2.98. The first-order valence-corrected chi connectivity index (χ1v) is 7.69. The molecule has 124 valence electrons. The van der Waals surface area contributed by atoms with Gasteiger partial charge in [-0.2, -0.15) is 13.9 Å². The standard InChI is InChI=1S/C12H10F2N8OS/c1-24-12-16-4-6-8(15)22(5-17-9(6)18-12)20-10(23)7-2-3-21(19-7)11(13)14/h2-5,11,15H,1H3,(H,20,23). The summed E-state index contributed by atoms with van der Waals surface area (Å²) in [6.07, 6.45) is 5.42. The van der Waals surface area contributed by atoms with Crippen LogP contribution in [-0.4, -0.2) is 41.6 Å². The highest BCUT2D eigenvalue weighted by molar-refractivity contribution is 7.98. The molecule has 0 bridgehead atoms. The summed E-state index contributed by atoms with van der Waals surface area (Å²) in [5, 5.41) is 12.4. The van der Waals surface area contributed by atoms with Gasteiger partial charge in [0.05, 0.1) is 5.39 Å². The van der Waals surface area contributed by atoms with Gasteiger partial charge in [-0.3, -0.25) is 15.6 Å². The van der Waals surface area contributed by atoms with E-state index < -0.39 is 12.5 Å². The van der Waals surface area contributed by atoms with Gasteiger partial charge in [0.1, 0.15) is 6.33 Å². The van der Waals surface area contributed by atoms with Crippen LogP contribution in [0.3, 0.4) is 0 Å². The Kier molecular flexibility index (Phi) is 4.20.